The van der Waals surface area contributed by atoms with Crippen molar-refractivity contribution in [1.82, 2.24) is 10.1 Å². The van der Waals surface area contributed by atoms with Crippen LogP contribution in [0.5, 0.6) is 0 Å². The second-order valence-corrected chi connectivity index (χ2v) is 6.56. The van der Waals surface area contributed by atoms with Gasteiger partial charge in [0.15, 0.2) is 5.82 Å². The van der Waals surface area contributed by atoms with E-state index in [4.69, 9.17) is 4.52 Å². The molecule has 0 spiro atoms. The number of rotatable bonds is 9. The van der Waals surface area contributed by atoms with Crippen LogP contribution in [0.1, 0.15) is 18.2 Å². The summed E-state index contributed by atoms with van der Waals surface area (Å²) >= 11 is 1.30. The Morgan fingerprint density at radius 2 is 2.00 bits per heavy atom. The van der Waals surface area contributed by atoms with Gasteiger partial charge in [-0.15, -0.1) is 11.8 Å². The molecule has 0 aliphatic carbocycles. The number of nitrogens with zero attached hydrogens (tertiary/aromatic N) is 2. The van der Waals surface area contributed by atoms with Gasteiger partial charge in [-0.25, -0.2) is 0 Å². The maximum atomic E-state index is 12.3. The van der Waals surface area contributed by atoms with Crippen LogP contribution in [0.15, 0.2) is 40.9 Å². The molecule has 6 nitrogen and oxygen atoms in total. The van der Waals surface area contributed by atoms with Gasteiger partial charge in [-0.3, -0.25) is 9.59 Å². The van der Waals surface area contributed by atoms with Crippen LogP contribution < -0.4 is 5.32 Å². The molecule has 0 aliphatic heterocycles. The average molecular weight is 361 g/mol. The number of likely N-dealkylation sites (N-methyl/N-ethyl adjacent to an activating group) is 1. The normalized spacial score (nSPS) is 10.5. The minimum atomic E-state index is -0.196. The van der Waals surface area contributed by atoms with Crippen molar-refractivity contribution < 1.29 is 14.1 Å². The van der Waals surface area contributed by atoms with E-state index in [1.54, 1.807) is 13.0 Å². The molecule has 0 saturated heterocycles. The number of amides is 2. The van der Waals surface area contributed by atoms with E-state index in [1.807, 2.05) is 30.0 Å². The van der Waals surface area contributed by atoms with Gasteiger partial charge in [0.05, 0.1) is 11.5 Å². The van der Waals surface area contributed by atoms with Crippen LogP contribution in [0.3, 0.4) is 0 Å². The molecule has 1 aromatic heterocycles. The third-order valence-corrected chi connectivity index (χ3v) is 4.52. The average Bonchev–Trinajstić information content (AvgIpc) is 3.01. The van der Waals surface area contributed by atoms with E-state index in [2.05, 4.69) is 22.6 Å². The maximum absolute atomic E-state index is 12.3. The van der Waals surface area contributed by atoms with E-state index >= 15 is 0 Å². The number of hydrogen-bond donors (Lipinski definition) is 1. The molecular formula is C18H23N3O3S. The minimum absolute atomic E-state index is 0.0495. The lowest BCUT2D eigenvalue weighted by molar-refractivity contribution is -0.128. The predicted octanol–water partition coefficient (Wildman–Crippen LogP) is 2.75. The van der Waals surface area contributed by atoms with Crippen molar-refractivity contribution in [2.75, 3.05) is 29.9 Å². The summed E-state index contributed by atoms with van der Waals surface area (Å²) in [5, 5.41) is 6.34. The van der Waals surface area contributed by atoms with Crippen molar-refractivity contribution in [3.63, 3.8) is 0 Å². The predicted molar refractivity (Wildman–Crippen MR) is 99.6 cm³/mol. The van der Waals surface area contributed by atoms with Gasteiger partial charge in [-0.05, 0) is 25.8 Å². The Balaban J connectivity index is 1.69. The van der Waals surface area contributed by atoms with Crippen molar-refractivity contribution in [3.8, 4) is 0 Å². The van der Waals surface area contributed by atoms with E-state index < -0.39 is 0 Å². The highest BCUT2D eigenvalue weighted by Crippen LogP contribution is 2.09. The smallest absolute Gasteiger partial charge is 0.235 e. The van der Waals surface area contributed by atoms with Crippen LogP contribution in [0.25, 0.3) is 0 Å². The van der Waals surface area contributed by atoms with Gasteiger partial charge in [-0.2, -0.15) is 0 Å². The van der Waals surface area contributed by atoms with E-state index in [-0.39, 0.29) is 23.3 Å². The quantitative estimate of drug-likeness (QED) is 0.743. The summed E-state index contributed by atoms with van der Waals surface area (Å²) in [5.41, 5.74) is 1.21. The Kier molecular flexibility index (Phi) is 7.53. The van der Waals surface area contributed by atoms with Gasteiger partial charge >= 0.3 is 0 Å². The molecular weight excluding hydrogens is 338 g/mol. The molecule has 134 valence electrons. The van der Waals surface area contributed by atoms with Crippen LogP contribution in [-0.2, 0) is 16.0 Å². The zero-order chi connectivity index (χ0) is 18.1. The van der Waals surface area contributed by atoms with E-state index in [0.717, 1.165) is 6.42 Å². The summed E-state index contributed by atoms with van der Waals surface area (Å²) < 4.78 is 4.89. The first-order chi connectivity index (χ1) is 12.1. The molecule has 1 N–H and O–H groups in total. The third-order valence-electron chi connectivity index (χ3n) is 3.60. The van der Waals surface area contributed by atoms with Crippen molar-refractivity contribution in [2.45, 2.75) is 20.3 Å². The largest absolute Gasteiger partial charge is 0.360 e. The summed E-state index contributed by atoms with van der Waals surface area (Å²) in [6, 6.07) is 11.7. The number of carbonyl (C=O) groups excluding carboxylic acids is 2. The Bertz CT molecular complexity index is 688. The second-order valence-electron chi connectivity index (χ2n) is 5.57. The highest BCUT2D eigenvalue weighted by Gasteiger charge is 2.13. The van der Waals surface area contributed by atoms with Gasteiger partial charge in [0.25, 0.3) is 0 Å². The molecule has 0 fully saturated rings. The van der Waals surface area contributed by atoms with Crippen LogP contribution >= 0.6 is 11.8 Å². The SMILES string of the molecule is CCN(CCc1ccccc1)C(=O)CSCC(=O)Nc1cc(C)on1. The highest BCUT2D eigenvalue weighted by atomic mass is 32.2. The number of hydrogen-bond acceptors (Lipinski definition) is 5. The summed E-state index contributed by atoms with van der Waals surface area (Å²) in [6.07, 6.45) is 0.830. The van der Waals surface area contributed by atoms with Gasteiger partial charge in [0.2, 0.25) is 11.8 Å². The monoisotopic (exact) mass is 361 g/mol. The molecule has 1 aromatic carbocycles. The maximum Gasteiger partial charge on any atom is 0.235 e. The van der Waals surface area contributed by atoms with E-state index in [0.29, 0.717) is 24.7 Å². The summed E-state index contributed by atoms with van der Waals surface area (Å²) in [5.74, 6) is 1.37. The lowest BCUT2D eigenvalue weighted by Gasteiger charge is -2.20. The number of benzene rings is 1. The van der Waals surface area contributed by atoms with Crippen molar-refractivity contribution in [3.05, 3.63) is 47.7 Å². The molecule has 2 aromatic rings. The van der Waals surface area contributed by atoms with E-state index in [9.17, 15) is 9.59 Å². The van der Waals surface area contributed by atoms with Gasteiger partial charge in [0.1, 0.15) is 5.76 Å². The number of aryl methyl sites for hydroxylation is 1. The van der Waals surface area contributed by atoms with Crippen LogP contribution in [-0.4, -0.2) is 46.5 Å². The fourth-order valence-electron chi connectivity index (χ4n) is 2.29. The van der Waals surface area contributed by atoms with Crippen LogP contribution in [0.4, 0.5) is 5.82 Å². The van der Waals surface area contributed by atoms with Gasteiger partial charge < -0.3 is 14.7 Å². The first-order valence-corrected chi connectivity index (χ1v) is 9.36. The molecule has 0 unspecified atom stereocenters. The molecule has 25 heavy (non-hydrogen) atoms. The second kappa shape index (κ2) is 9.88. The molecule has 7 heteroatoms. The Morgan fingerprint density at radius 1 is 1.24 bits per heavy atom. The molecule has 2 rings (SSSR count). The van der Waals surface area contributed by atoms with E-state index in [1.165, 1.54) is 17.3 Å². The molecule has 0 radical (unpaired) electrons. The summed E-state index contributed by atoms with van der Waals surface area (Å²) in [7, 11) is 0. The number of anilines is 1. The lowest BCUT2D eigenvalue weighted by atomic mass is 10.1. The number of aromatic nitrogens is 1. The van der Waals surface area contributed by atoms with Gasteiger partial charge in [0, 0.05) is 19.2 Å². The number of thioether (sulfide) groups is 1. The fourth-order valence-corrected chi connectivity index (χ4v) is 3.01. The lowest BCUT2D eigenvalue weighted by Crippen LogP contribution is -2.34. The molecule has 2 amide bonds. The number of carbonyl (C=O) groups is 2. The standard InChI is InChI=1S/C18H23N3O3S/c1-3-21(10-9-15-7-5-4-6-8-15)18(23)13-25-12-17(22)19-16-11-14(2)24-20-16/h4-8,11H,3,9-10,12-13H2,1-2H3,(H,19,20,22). The molecule has 0 aliphatic rings. The van der Waals surface area contributed by atoms with Crippen molar-refractivity contribution >= 4 is 29.4 Å². The Hall–Kier alpha value is -2.28. The molecule has 1 heterocycles. The Morgan fingerprint density at radius 3 is 2.64 bits per heavy atom. The fraction of sp³-hybridized carbons (Fsp3) is 0.389. The zero-order valence-electron chi connectivity index (χ0n) is 14.5. The summed E-state index contributed by atoms with van der Waals surface area (Å²) in [4.78, 5) is 25.9. The molecule has 0 bridgehead atoms. The van der Waals surface area contributed by atoms with Crippen LogP contribution in [0, 0.1) is 6.92 Å². The Labute approximate surface area is 151 Å². The van der Waals surface area contributed by atoms with Crippen molar-refractivity contribution in [2.24, 2.45) is 0 Å². The zero-order valence-corrected chi connectivity index (χ0v) is 15.3. The molecule has 0 saturated carbocycles. The van der Waals surface area contributed by atoms with Gasteiger partial charge in [-0.1, -0.05) is 35.5 Å². The topological polar surface area (TPSA) is 75.4 Å². The first kappa shape index (κ1) is 19.1. The molecule has 0 atom stereocenters. The van der Waals surface area contributed by atoms with Crippen molar-refractivity contribution in [1.29, 1.82) is 0 Å². The van der Waals surface area contributed by atoms with Crippen LogP contribution in [0.2, 0.25) is 0 Å². The highest BCUT2D eigenvalue weighted by molar-refractivity contribution is 8.00. The first-order valence-electron chi connectivity index (χ1n) is 8.21. The summed E-state index contributed by atoms with van der Waals surface area (Å²) in [6.45, 7) is 5.07. The number of nitrogens with one attached hydrogen (secondary N) is 1. The third kappa shape index (κ3) is 6.62. The minimum Gasteiger partial charge on any atom is -0.360 e.